The van der Waals surface area contributed by atoms with Crippen LogP contribution in [0.2, 0.25) is 0 Å². The number of hydrogen-bond donors (Lipinski definition) is 2. The maximum atomic E-state index is 5.40. The van der Waals surface area contributed by atoms with E-state index in [4.69, 9.17) is 9.41 Å². The van der Waals surface area contributed by atoms with Crippen molar-refractivity contribution in [3.05, 3.63) is 63.5 Å². The first kappa shape index (κ1) is 20.2. The second kappa shape index (κ2) is 10.1. The predicted octanol–water partition coefficient (Wildman–Crippen LogP) is 3.60. The molecule has 0 saturated carbocycles. The minimum atomic E-state index is 0.689. The van der Waals surface area contributed by atoms with Crippen LogP contribution in [0.4, 0.5) is 0 Å². The molecule has 0 unspecified atom stereocenters. The zero-order valence-electron chi connectivity index (χ0n) is 16.9. The third kappa shape index (κ3) is 5.73. The number of nitrogens with zero attached hydrogens (tertiary/aromatic N) is 3. The molecule has 0 aliphatic carbocycles. The molecule has 0 aliphatic rings. The number of aryl methyl sites for hydroxylation is 2. The summed E-state index contributed by atoms with van der Waals surface area (Å²) >= 11 is 1.73. The van der Waals surface area contributed by atoms with E-state index in [1.165, 1.54) is 16.1 Å². The third-order valence-corrected chi connectivity index (χ3v) is 5.63. The SMILES string of the molecule is Cc1nn(C)c(C)c1CCCNC(=NCc1cccs1)NCCc1ccco1. The van der Waals surface area contributed by atoms with Gasteiger partial charge in [0.1, 0.15) is 5.76 Å². The molecule has 150 valence electrons. The van der Waals surface area contributed by atoms with Gasteiger partial charge < -0.3 is 15.1 Å². The van der Waals surface area contributed by atoms with Gasteiger partial charge in [0.15, 0.2) is 5.96 Å². The monoisotopic (exact) mass is 399 g/mol. The fourth-order valence-electron chi connectivity index (χ4n) is 3.14. The van der Waals surface area contributed by atoms with Crippen molar-refractivity contribution in [2.45, 2.75) is 39.7 Å². The fraction of sp³-hybridized carbons (Fsp3) is 0.429. The molecule has 6 nitrogen and oxygen atoms in total. The van der Waals surface area contributed by atoms with Gasteiger partial charge in [0, 0.05) is 37.1 Å². The highest BCUT2D eigenvalue weighted by Crippen LogP contribution is 2.13. The highest BCUT2D eigenvalue weighted by molar-refractivity contribution is 7.09. The lowest BCUT2D eigenvalue weighted by atomic mass is 10.1. The van der Waals surface area contributed by atoms with Gasteiger partial charge in [-0.05, 0) is 55.8 Å². The van der Waals surface area contributed by atoms with Crippen LogP contribution in [-0.4, -0.2) is 28.8 Å². The Morgan fingerprint density at radius 2 is 2.04 bits per heavy atom. The van der Waals surface area contributed by atoms with Crippen molar-refractivity contribution < 1.29 is 4.42 Å². The number of furan rings is 1. The lowest BCUT2D eigenvalue weighted by molar-refractivity contribution is 0.506. The van der Waals surface area contributed by atoms with Crippen molar-refractivity contribution in [1.82, 2.24) is 20.4 Å². The standard InChI is InChI=1S/C21H29N5OS/c1-16-20(17(2)26(3)25-16)9-4-11-22-21(24-15-19-8-6-14-28-19)23-12-10-18-7-5-13-27-18/h5-8,13-14H,4,9-12,15H2,1-3H3,(H2,22,23,24). The predicted molar refractivity (Wildman–Crippen MR) is 115 cm³/mol. The van der Waals surface area contributed by atoms with Crippen LogP contribution >= 0.6 is 11.3 Å². The van der Waals surface area contributed by atoms with Gasteiger partial charge in [-0.1, -0.05) is 6.07 Å². The molecule has 0 aliphatic heterocycles. The Bertz CT molecular complexity index is 865. The topological polar surface area (TPSA) is 67.4 Å². The maximum Gasteiger partial charge on any atom is 0.191 e. The number of aromatic nitrogens is 2. The van der Waals surface area contributed by atoms with Crippen molar-refractivity contribution >= 4 is 17.3 Å². The first-order valence-electron chi connectivity index (χ1n) is 9.69. The van der Waals surface area contributed by atoms with E-state index < -0.39 is 0 Å². The molecule has 28 heavy (non-hydrogen) atoms. The smallest absolute Gasteiger partial charge is 0.191 e. The Hall–Kier alpha value is -2.54. The quantitative estimate of drug-likeness (QED) is 0.328. The summed E-state index contributed by atoms with van der Waals surface area (Å²) in [5.41, 5.74) is 3.73. The van der Waals surface area contributed by atoms with Gasteiger partial charge >= 0.3 is 0 Å². The summed E-state index contributed by atoms with van der Waals surface area (Å²) in [6.45, 7) is 6.55. The van der Waals surface area contributed by atoms with Gasteiger partial charge in [-0.3, -0.25) is 4.68 Å². The molecule has 0 spiro atoms. The second-order valence-electron chi connectivity index (χ2n) is 6.80. The second-order valence-corrected chi connectivity index (χ2v) is 7.84. The van der Waals surface area contributed by atoms with Crippen LogP contribution in [0.1, 0.15) is 34.0 Å². The van der Waals surface area contributed by atoms with Crippen LogP contribution in [0.25, 0.3) is 0 Å². The Morgan fingerprint density at radius 1 is 1.18 bits per heavy atom. The maximum absolute atomic E-state index is 5.40. The van der Waals surface area contributed by atoms with E-state index in [2.05, 4.69) is 47.1 Å². The number of thiophene rings is 1. The van der Waals surface area contributed by atoms with E-state index in [0.29, 0.717) is 6.54 Å². The molecular formula is C21H29N5OS. The van der Waals surface area contributed by atoms with Crippen molar-refractivity contribution in [2.24, 2.45) is 12.0 Å². The molecule has 0 bridgehead atoms. The minimum absolute atomic E-state index is 0.689. The van der Waals surface area contributed by atoms with Crippen LogP contribution in [0.5, 0.6) is 0 Å². The Labute approximate surface area is 170 Å². The van der Waals surface area contributed by atoms with E-state index in [1.807, 2.05) is 23.9 Å². The highest BCUT2D eigenvalue weighted by Gasteiger charge is 2.09. The van der Waals surface area contributed by atoms with E-state index in [-0.39, 0.29) is 0 Å². The minimum Gasteiger partial charge on any atom is -0.469 e. The highest BCUT2D eigenvalue weighted by atomic mass is 32.1. The largest absolute Gasteiger partial charge is 0.469 e. The summed E-state index contributed by atoms with van der Waals surface area (Å²) in [5.74, 6) is 1.83. The van der Waals surface area contributed by atoms with Crippen LogP contribution in [0.15, 0.2) is 45.3 Å². The molecular weight excluding hydrogens is 370 g/mol. The molecule has 3 aromatic heterocycles. The molecule has 0 atom stereocenters. The Balaban J connectivity index is 1.49. The Morgan fingerprint density at radius 3 is 2.71 bits per heavy atom. The summed E-state index contributed by atoms with van der Waals surface area (Å²) in [6.07, 6.45) is 4.59. The summed E-state index contributed by atoms with van der Waals surface area (Å²) in [5, 5.41) is 13.5. The fourth-order valence-corrected chi connectivity index (χ4v) is 3.77. The Kier molecular flexibility index (Phi) is 7.31. The number of aliphatic imine (C=N–C) groups is 1. The summed E-state index contributed by atoms with van der Waals surface area (Å²) in [4.78, 5) is 5.98. The first-order chi connectivity index (χ1) is 13.6. The molecule has 0 amide bonds. The molecule has 7 heteroatoms. The van der Waals surface area contributed by atoms with Crippen LogP contribution in [-0.2, 0) is 26.4 Å². The van der Waals surface area contributed by atoms with Crippen LogP contribution in [0.3, 0.4) is 0 Å². The van der Waals surface area contributed by atoms with Crippen LogP contribution in [0, 0.1) is 13.8 Å². The average Bonchev–Trinajstić information content (AvgIpc) is 3.42. The third-order valence-electron chi connectivity index (χ3n) is 4.77. The summed E-state index contributed by atoms with van der Waals surface area (Å²) < 4.78 is 7.36. The van der Waals surface area contributed by atoms with E-state index in [9.17, 15) is 0 Å². The molecule has 0 saturated heterocycles. The lowest BCUT2D eigenvalue weighted by Crippen LogP contribution is -2.39. The molecule has 3 rings (SSSR count). The molecule has 3 aromatic rings. The molecule has 0 radical (unpaired) electrons. The van der Waals surface area contributed by atoms with Crippen molar-refractivity contribution in [2.75, 3.05) is 13.1 Å². The van der Waals surface area contributed by atoms with Crippen molar-refractivity contribution in [3.63, 3.8) is 0 Å². The zero-order valence-corrected chi connectivity index (χ0v) is 17.7. The van der Waals surface area contributed by atoms with E-state index in [0.717, 1.165) is 49.8 Å². The van der Waals surface area contributed by atoms with Crippen molar-refractivity contribution in [3.8, 4) is 0 Å². The lowest BCUT2D eigenvalue weighted by Gasteiger charge is -2.12. The normalized spacial score (nSPS) is 11.8. The molecule has 2 N–H and O–H groups in total. The average molecular weight is 400 g/mol. The van der Waals surface area contributed by atoms with E-state index in [1.54, 1.807) is 17.6 Å². The van der Waals surface area contributed by atoms with Crippen LogP contribution < -0.4 is 10.6 Å². The summed E-state index contributed by atoms with van der Waals surface area (Å²) in [6, 6.07) is 8.09. The van der Waals surface area contributed by atoms with Gasteiger partial charge in [-0.15, -0.1) is 11.3 Å². The van der Waals surface area contributed by atoms with E-state index >= 15 is 0 Å². The van der Waals surface area contributed by atoms with Gasteiger partial charge in [0.2, 0.25) is 0 Å². The van der Waals surface area contributed by atoms with Gasteiger partial charge in [-0.2, -0.15) is 5.10 Å². The van der Waals surface area contributed by atoms with Gasteiger partial charge in [-0.25, -0.2) is 4.99 Å². The molecule has 0 fully saturated rings. The van der Waals surface area contributed by atoms with Gasteiger partial charge in [0.25, 0.3) is 0 Å². The number of guanidine groups is 1. The van der Waals surface area contributed by atoms with Gasteiger partial charge in [0.05, 0.1) is 18.5 Å². The molecule has 0 aromatic carbocycles. The number of nitrogens with one attached hydrogen (secondary N) is 2. The number of rotatable bonds is 9. The first-order valence-corrected chi connectivity index (χ1v) is 10.6. The summed E-state index contributed by atoms with van der Waals surface area (Å²) in [7, 11) is 2.00. The zero-order chi connectivity index (χ0) is 19.8. The molecule has 3 heterocycles. The van der Waals surface area contributed by atoms with Crippen molar-refractivity contribution in [1.29, 1.82) is 0 Å². The number of hydrogen-bond acceptors (Lipinski definition) is 4.